The third-order valence-corrected chi connectivity index (χ3v) is 4.45. The van der Waals surface area contributed by atoms with Crippen molar-refractivity contribution in [2.45, 2.75) is 97.9 Å². The molecular formula is C20H43NO3. The van der Waals surface area contributed by atoms with E-state index in [2.05, 4.69) is 6.92 Å². The largest absolute Gasteiger partial charge is 0.330 e. The first-order chi connectivity index (χ1) is 11.7. The summed E-state index contributed by atoms with van der Waals surface area (Å²) in [5.41, 5.74) is 5.67. The lowest BCUT2D eigenvalue weighted by molar-refractivity contribution is -0.403. The minimum Gasteiger partial charge on any atom is -0.330 e. The van der Waals surface area contributed by atoms with Gasteiger partial charge in [0.15, 0.2) is 0 Å². The van der Waals surface area contributed by atoms with Gasteiger partial charge in [-0.2, -0.15) is 0 Å². The van der Waals surface area contributed by atoms with E-state index in [-0.39, 0.29) is 5.92 Å². The molecule has 0 fully saturated rings. The predicted octanol–water partition coefficient (Wildman–Crippen LogP) is 5.25. The zero-order chi connectivity index (χ0) is 18.1. The normalized spacial score (nSPS) is 13.4. The maximum atomic E-state index is 6.02. The Labute approximate surface area is 150 Å². The molecule has 0 aliphatic rings. The van der Waals surface area contributed by atoms with Gasteiger partial charge in [-0.25, -0.2) is 0 Å². The number of nitrogens with two attached hydrogens (primary N) is 1. The standard InChI is InChI=1S/C20H43NO3/c1-5-9-10-11-12-13-16-19(17-14-15-18-21)20(22-6-2,23-7-3)24-8-4/h19H,5-18,21H2,1-4H3. The molecule has 0 radical (unpaired) electrons. The molecular weight excluding hydrogens is 302 g/mol. The second-order valence-corrected chi connectivity index (χ2v) is 6.44. The minimum atomic E-state index is -0.879. The van der Waals surface area contributed by atoms with Gasteiger partial charge in [0, 0.05) is 25.7 Å². The van der Waals surface area contributed by atoms with Crippen LogP contribution in [0.3, 0.4) is 0 Å². The lowest BCUT2D eigenvalue weighted by atomic mass is 9.92. The summed E-state index contributed by atoms with van der Waals surface area (Å²) in [4.78, 5) is 0. The zero-order valence-corrected chi connectivity index (χ0v) is 16.8. The van der Waals surface area contributed by atoms with E-state index in [0.717, 1.165) is 32.2 Å². The van der Waals surface area contributed by atoms with Crippen LogP contribution in [0.2, 0.25) is 0 Å². The zero-order valence-electron chi connectivity index (χ0n) is 16.8. The van der Waals surface area contributed by atoms with E-state index in [4.69, 9.17) is 19.9 Å². The molecule has 1 unspecified atom stereocenters. The molecule has 1 atom stereocenters. The molecule has 0 aromatic rings. The van der Waals surface area contributed by atoms with E-state index in [9.17, 15) is 0 Å². The van der Waals surface area contributed by atoms with Crippen LogP contribution in [0.4, 0.5) is 0 Å². The molecule has 0 saturated carbocycles. The van der Waals surface area contributed by atoms with Crippen molar-refractivity contribution in [3.05, 3.63) is 0 Å². The van der Waals surface area contributed by atoms with Crippen LogP contribution in [0.15, 0.2) is 0 Å². The van der Waals surface area contributed by atoms with Crippen molar-refractivity contribution in [3.63, 3.8) is 0 Å². The van der Waals surface area contributed by atoms with Gasteiger partial charge in [-0.15, -0.1) is 0 Å². The molecule has 0 bridgehead atoms. The van der Waals surface area contributed by atoms with Crippen molar-refractivity contribution in [1.29, 1.82) is 0 Å². The van der Waals surface area contributed by atoms with Crippen LogP contribution < -0.4 is 5.73 Å². The minimum absolute atomic E-state index is 0.273. The van der Waals surface area contributed by atoms with Gasteiger partial charge in [-0.3, -0.25) is 0 Å². The van der Waals surface area contributed by atoms with E-state index in [1.165, 1.54) is 38.5 Å². The van der Waals surface area contributed by atoms with Gasteiger partial charge < -0.3 is 19.9 Å². The van der Waals surface area contributed by atoms with E-state index < -0.39 is 5.97 Å². The van der Waals surface area contributed by atoms with Gasteiger partial charge in [0.2, 0.25) is 0 Å². The van der Waals surface area contributed by atoms with Crippen LogP contribution in [-0.2, 0) is 14.2 Å². The molecule has 0 saturated heterocycles. The lowest BCUT2D eigenvalue weighted by Crippen LogP contribution is -2.46. The molecule has 2 N–H and O–H groups in total. The SMILES string of the molecule is CCCCCCCCC(CCCCN)C(OCC)(OCC)OCC. The molecule has 0 aromatic heterocycles. The summed E-state index contributed by atoms with van der Waals surface area (Å²) < 4.78 is 18.1. The highest BCUT2D eigenvalue weighted by molar-refractivity contribution is 4.73. The Kier molecular flexibility index (Phi) is 16.2. The van der Waals surface area contributed by atoms with Crippen molar-refractivity contribution in [2.24, 2.45) is 11.7 Å². The molecule has 0 rings (SSSR count). The number of hydrogen-bond acceptors (Lipinski definition) is 4. The van der Waals surface area contributed by atoms with Crippen LogP contribution in [0.1, 0.15) is 91.9 Å². The summed E-state index contributed by atoms with van der Waals surface area (Å²) in [7, 11) is 0. The fraction of sp³-hybridized carbons (Fsp3) is 1.00. The summed E-state index contributed by atoms with van der Waals surface area (Å²) in [5.74, 6) is -0.605. The number of rotatable bonds is 18. The molecule has 146 valence electrons. The fourth-order valence-electron chi connectivity index (χ4n) is 3.29. The van der Waals surface area contributed by atoms with Gasteiger partial charge in [0.25, 0.3) is 5.97 Å². The Morgan fingerprint density at radius 3 is 1.58 bits per heavy atom. The first-order valence-electron chi connectivity index (χ1n) is 10.3. The van der Waals surface area contributed by atoms with Crippen LogP contribution in [-0.4, -0.2) is 32.3 Å². The molecule has 4 nitrogen and oxygen atoms in total. The molecule has 0 heterocycles. The summed E-state index contributed by atoms with van der Waals surface area (Å²) in [6, 6.07) is 0. The Hall–Kier alpha value is -0.160. The first-order valence-corrected chi connectivity index (χ1v) is 10.3. The quantitative estimate of drug-likeness (QED) is 0.272. The Morgan fingerprint density at radius 1 is 0.667 bits per heavy atom. The summed E-state index contributed by atoms with van der Waals surface area (Å²) in [5, 5.41) is 0. The van der Waals surface area contributed by atoms with Crippen LogP contribution in [0.25, 0.3) is 0 Å². The highest BCUT2D eigenvalue weighted by atomic mass is 16.9. The molecule has 4 heteroatoms. The molecule has 0 aliphatic heterocycles. The Morgan fingerprint density at radius 2 is 1.12 bits per heavy atom. The van der Waals surface area contributed by atoms with Crippen molar-refractivity contribution in [2.75, 3.05) is 26.4 Å². The van der Waals surface area contributed by atoms with Gasteiger partial charge in [0.05, 0.1) is 0 Å². The molecule has 0 aliphatic carbocycles. The molecule has 0 spiro atoms. The molecule has 24 heavy (non-hydrogen) atoms. The monoisotopic (exact) mass is 345 g/mol. The molecule has 0 aromatic carbocycles. The lowest BCUT2D eigenvalue weighted by Gasteiger charge is -2.39. The van der Waals surface area contributed by atoms with Gasteiger partial charge in [0.1, 0.15) is 0 Å². The maximum Gasteiger partial charge on any atom is 0.285 e. The summed E-state index contributed by atoms with van der Waals surface area (Å²) in [6.07, 6.45) is 12.1. The van der Waals surface area contributed by atoms with Crippen molar-refractivity contribution in [3.8, 4) is 0 Å². The highest BCUT2D eigenvalue weighted by Gasteiger charge is 2.41. The van der Waals surface area contributed by atoms with Crippen LogP contribution in [0.5, 0.6) is 0 Å². The molecule has 0 amide bonds. The Bertz CT molecular complexity index is 244. The second-order valence-electron chi connectivity index (χ2n) is 6.44. The summed E-state index contributed by atoms with van der Waals surface area (Å²) >= 11 is 0. The van der Waals surface area contributed by atoms with E-state index in [0.29, 0.717) is 19.8 Å². The first kappa shape index (κ1) is 23.8. The number of ether oxygens (including phenoxy) is 3. The van der Waals surface area contributed by atoms with E-state index in [1.54, 1.807) is 0 Å². The van der Waals surface area contributed by atoms with Gasteiger partial charge in [-0.1, -0.05) is 51.9 Å². The van der Waals surface area contributed by atoms with Gasteiger partial charge >= 0.3 is 0 Å². The van der Waals surface area contributed by atoms with E-state index >= 15 is 0 Å². The smallest absolute Gasteiger partial charge is 0.285 e. The number of unbranched alkanes of at least 4 members (excludes halogenated alkanes) is 6. The third-order valence-electron chi connectivity index (χ3n) is 4.45. The highest BCUT2D eigenvalue weighted by Crippen LogP contribution is 2.34. The summed E-state index contributed by atoms with van der Waals surface area (Å²) in [6.45, 7) is 10.8. The average Bonchev–Trinajstić information content (AvgIpc) is 2.57. The average molecular weight is 346 g/mol. The fourth-order valence-corrected chi connectivity index (χ4v) is 3.29. The van der Waals surface area contributed by atoms with Crippen molar-refractivity contribution in [1.82, 2.24) is 0 Å². The van der Waals surface area contributed by atoms with Crippen LogP contribution >= 0.6 is 0 Å². The Balaban J connectivity index is 4.74. The predicted molar refractivity (Wildman–Crippen MR) is 102 cm³/mol. The topological polar surface area (TPSA) is 53.7 Å². The second kappa shape index (κ2) is 16.3. The van der Waals surface area contributed by atoms with Crippen molar-refractivity contribution < 1.29 is 14.2 Å². The van der Waals surface area contributed by atoms with E-state index in [1.807, 2.05) is 20.8 Å². The third kappa shape index (κ3) is 9.97. The van der Waals surface area contributed by atoms with Crippen molar-refractivity contribution >= 4 is 0 Å². The maximum absolute atomic E-state index is 6.02. The van der Waals surface area contributed by atoms with Crippen LogP contribution in [0, 0.1) is 5.92 Å². The van der Waals surface area contributed by atoms with Gasteiger partial charge in [-0.05, 0) is 46.6 Å². The number of hydrogen-bond donors (Lipinski definition) is 1.